The van der Waals surface area contributed by atoms with Crippen molar-refractivity contribution < 1.29 is 13.2 Å². The molecule has 0 saturated heterocycles. The van der Waals surface area contributed by atoms with Gasteiger partial charge < -0.3 is 15.8 Å². The summed E-state index contributed by atoms with van der Waals surface area (Å²) in [5, 5.41) is 3.70. The van der Waals surface area contributed by atoms with Crippen LogP contribution in [-0.4, -0.2) is 41.0 Å². The van der Waals surface area contributed by atoms with E-state index in [0.717, 1.165) is 12.8 Å². The average molecular weight is 321 g/mol. The molecule has 5 nitrogen and oxygen atoms in total. The van der Waals surface area contributed by atoms with Crippen molar-refractivity contribution in [3.63, 3.8) is 0 Å². The summed E-state index contributed by atoms with van der Waals surface area (Å²) in [7, 11) is -1.64. The van der Waals surface area contributed by atoms with Crippen molar-refractivity contribution in [1.82, 2.24) is 0 Å². The predicted octanol–water partition coefficient (Wildman–Crippen LogP) is 1.91. The Hall–Kier alpha value is -0.820. The Labute approximate surface area is 125 Å². The van der Waals surface area contributed by atoms with Crippen LogP contribution >= 0.6 is 11.6 Å². The van der Waals surface area contributed by atoms with Gasteiger partial charge in [0.25, 0.3) is 0 Å². The number of halogens is 1. The van der Waals surface area contributed by atoms with E-state index in [4.69, 9.17) is 22.1 Å². The van der Waals surface area contributed by atoms with Crippen LogP contribution in [0.3, 0.4) is 0 Å². The minimum atomic E-state index is -3.26. The maximum absolute atomic E-state index is 11.6. The molecule has 0 bridgehead atoms. The summed E-state index contributed by atoms with van der Waals surface area (Å²) in [6.45, 7) is 1.10. The highest BCUT2D eigenvalue weighted by Gasteiger charge is 2.13. The number of hydrogen-bond acceptors (Lipinski definition) is 5. The van der Waals surface area contributed by atoms with Gasteiger partial charge in [-0.3, -0.25) is 0 Å². The smallest absolute Gasteiger partial charge is 0.175 e. The molecule has 1 rings (SSSR count). The number of methoxy groups -OCH3 is 1. The van der Waals surface area contributed by atoms with E-state index in [2.05, 4.69) is 5.32 Å². The Bertz CT molecular complexity index is 534. The van der Waals surface area contributed by atoms with Crippen LogP contribution in [0.5, 0.6) is 0 Å². The normalized spacial score (nSPS) is 13.2. The lowest BCUT2D eigenvalue weighted by atomic mass is 10.1. The van der Waals surface area contributed by atoms with Crippen LogP contribution in [0.15, 0.2) is 23.1 Å². The molecule has 0 heterocycles. The fourth-order valence-corrected chi connectivity index (χ4v) is 2.65. The molecule has 20 heavy (non-hydrogen) atoms. The molecule has 114 valence electrons. The molecule has 0 radical (unpaired) electrons. The zero-order chi connectivity index (χ0) is 15.2. The second-order valence-corrected chi connectivity index (χ2v) is 7.06. The molecule has 1 unspecified atom stereocenters. The fourth-order valence-electron chi connectivity index (χ4n) is 1.83. The molecule has 1 atom stereocenters. The third-order valence-corrected chi connectivity index (χ3v) is 4.29. The number of hydrogen-bond donors (Lipinski definition) is 2. The number of ether oxygens (including phenoxy) is 1. The summed E-state index contributed by atoms with van der Waals surface area (Å²) >= 11 is 6.10. The quantitative estimate of drug-likeness (QED) is 0.764. The Morgan fingerprint density at radius 3 is 2.70 bits per heavy atom. The van der Waals surface area contributed by atoms with Crippen LogP contribution in [0.1, 0.15) is 12.8 Å². The predicted molar refractivity (Wildman–Crippen MR) is 82.1 cm³/mol. The molecule has 1 aromatic carbocycles. The van der Waals surface area contributed by atoms with Crippen molar-refractivity contribution in [2.75, 3.05) is 31.8 Å². The van der Waals surface area contributed by atoms with Crippen LogP contribution in [0.2, 0.25) is 5.02 Å². The topological polar surface area (TPSA) is 81.4 Å². The molecule has 7 heteroatoms. The molecular formula is C13H21ClN2O3S. The van der Waals surface area contributed by atoms with E-state index < -0.39 is 9.84 Å². The van der Waals surface area contributed by atoms with E-state index in [9.17, 15) is 8.42 Å². The molecule has 0 amide bonds. The molecular weight excluding hydrogens is 300 g/mol. The third-order valence-electron chi connectivity index (χ3n) is 2.85. The number of sulfone groups is 1. The molecule has 0 aliphatic heterocycles. The summed E-state index contributed by atoms with van der Waals surface area (Å²) in [6.07, 6.45) is 2.84. The largest absolute Gasteiger partial charge is 0.383 e. The standard InChI is InChI=1S/C13H21ClN2O3S/c1-19-9-10(4-3-7-15)16-13-8-11(20(2,17)18)5-6-12(13)14/h5-6,8,10,16H,3-4,7,9,15H2,1-2H3. The monoisotopic (exact) mass is 320 g/mol. The van der Waals surface area contributed by atoms with E-state index >= 15 is 0 Å². The van der Waals surface area contributed by atoms with Gasteiger partial charge in [-0.2, -0.15) is 0 Å². The third kappa shape index (κ3) is 5.28. The number of anilines is 1. The first-order chi connectivity index (χ1) is 9.38. The van der Waals surface area contributed by atoms with E-state index in [1.165, 1.54) is 12.3 Å². The maximum atomic E-state index is 11.6. The van der Waals surface area contributed by atoms with Crippen LogP contribution in [0.25, 0.3) is 0 Å². The zero-order valence-electron chi connectivity index (χ0n) is 11.7. The van der Waals surface area contributed by atoms with Crippen LogP contribution in [-0.2, 0) is 14.6 Å². The lowest BCUT2D eigenvalue weighted by Crippen LogP contribution is -2.26. The Balaban J connectivity index is 2.93. The van der Waals surface area contributed by atoms with Crippen molar-refractivity contribution in [2.24, 2.45) is 5.73 Å². The minimum absolute atomic E-state index is 0.0378. The Kier molecular flexibility index (Phi) is 6.75. The van der Waals surface area contributed by atoms with Crippen molar-refractivity contribution in [2.45, 2.75) is 23.8 Å². The summed E-state index contributed by atoms with van der Waals surface area (Å²) in [6, 6.07) is 4.65. The van der Waals surface area contributed by atoms with Gasteiger partial charge in [0.05, 0.1) is 22.2 Å². The zero-order valence-corrected chi connectivity index (χ0v) is 13.3. The highest BCUT2D eigenvalue weighted by Crippen LogP contribution is 2.26. The lowest BCUT2D eigenvalue weighted by molar-refractivity contribution is 0.182. The van der Waals surface area contributed by atoms with Crippen molar-refractivity contribution in [1.29, 1.82) is 0 Å². The van der Waals surface area contributed by atoms with Gasteiger partial charge >= 0.3 is 0 Å². The molecule has 3 N–H and O–H groups in total. The van der Waals surface area contributed by atoms with Gasteiger partial charge in [-0.25, -0.2) is 8.42 Å². The lowest BCUT2D eigenvalue weighted by Gasteiger charge is -2.20. The minimum Gasteiger partial charge on any atom is -0.383 e. The number of nitrogens with two attached hydrogens (primary N) is 1. The van der Waals surface area contributed by atoms with E-state index in [0.29, 0.717) is 23.9 Å². The molecule has 0 saturated carbocycles. The number of nitrogens with one attached hydrogen (secondary N) is 1. The maximum Gasteiger partial charge on any atom is 0.175 e. The van der Waals surface area contributed by atoms with Crippen LogP contribution < -0.4 is 11.1 Å². The molecule has 0 aromatic heterocycles. The highest BCUT2D eigenvalue weighted by molar-refractivity contribution is 7.90. The second-order valence-electron chi connectivity index (χ2n) is 4.64. The summed E-state index contributed by atoms with van der Waals surface area (Å²) in [5.41, 5.74) is 6.09. The molecule has 0 spiro atoms. The fraction of sp³-hybridized carbons (Fsp3) is 0.538. The molecule has 0 fully saturated rings. The number of rotatable bonds is 8. The summed E-state index contributed by atoms with van der Waals surface area (Å²) in [4.78, 5) is 0.236. The van der Waals surface area contributed by atoms with Gasteiger partial charge in [-0.15, -0.1) is 0 Å². The molecule has 1 aromatic rings. The highest BCUT2D eigenvalue weighted by atomic mass is 35.5. The molecule has 0 aliphatic rings. The first-order valence-electron chi connectivity index (χ1n) is 6.33. The van der Waals surface area contributed by atoms with Gasteiger partial charge in [-0.05, 0) is 37.6 Å². The SMILES string of the molecule is COCC(CCCN)Nc1cc(S(C)(=O)=O)ccc1Cl. The Morgan fingerprint density at radius 2 is 2.15 bits per heavy atom. The van der Waals surface area contributed by atoms with Crippen LogP contribution in [0, 0.1) is 0 Å². The van der Waals surface area contributed by atoms with Gasteiger partial charge in [0, 0.05) is 19.4 Å². The van der Waals surface area contributed by atoms with Gasteiger partial charge in [-0.1, -0.05) is 11.6 Å². The van der Waals surface area contributed by atoms with Crippen LogP contribution in [0.4, 0.5) is 5.69 Å². The average Bonchev–Trinajstić information content (AvgIpc) is 2.37. The van der Waals surface area contributed by atoms with E-state index in [1.54, 1.807) is 19.2 Å². The van der Waals surface area contributed by atoms with Crippen molar-refractivity contribution in [3.8, 4) is 0 Å². The first kappa shape index (κ1) is 17.2. The van der Waals surface area contributed by atoms with Gasteiger partial charge in [0.15, 0.2) is 9.84 Å². The number of benzene rings is 1. The van der Waals surface area contributed by atoms with Gasteiger partial charge in [0.2, 0.25) is 0 Å². The molecule has 0 aliphatic carbocycles. The van der Waals surface area contributed by atoms with Crippen molar-refractivity contribution >= 4 is 27.1 Å². The summed E-state index contributed by atoms with van der Waals surface area (Å²) < 4.78 is 28.3. The van der Waals surface area contributed by atoms with E-state index in [1.807, 2.05) is 0 Å². The van der Waals surface area contributed by atoms with Gasteiger partial charge in [0.1, 0.15) is 0 Å². The first-order valence-corrected chi connectivity index (χ1v) is 8.60. The second kappa shape index (κ2) is 7.83. The Morgan fingerprint density at radius 1 is 1.45 bits per heavy atom. The summed E-state index contributed by atoms with van der Waals surface area (Å²) in [5.74, 6) is 0. The van der Waals surface area contributed by atoms with E-state index in [-0.39, 0.29) is 10.9 Å². The van der Waals surface area contributed by atoms with Crippen molar-refractivity contribution in [3.05, 3.63) is 23.2 Å².